The Hall–Kier alpha value is -0.340. The van der Waals surface area contributed by atoms with Crippen LogP contribution in [0.2, 0.25) is 0 Å². The summed E-state index contributed by atoms with van der Waals surface area (Å²) in [5, 5.41) is 0. The van der Waals surface area contributed by atoms with E-state index in [1.54, 1.807) is 30.3 Å². The molecule has 0 saturated heterocycles. The van der Waals surface area contributed by atoms with Crippen LogP contribution in [0.3, 0.4) is 0 Å². The van der Waals surface area contributed by atoms with E-state index in [9.17, 15) is 0 Å². The molecular weight excluding hydrogens is 256 g/mol. The summed E-state index contributed by atoms with van der Waals surface area (Å²) in [6.45, 7) is 13.9. The number of hydrogen-bond donors (Lipinski definition) is 0. The minimum Gasteiger partial charge on any atom is -0.139 e. The monoisotopic (exact) mass is 280 g/mol. The van der Waals surface area contributed by atoms with Crippen LogP contribution in [0, 0.1) is 0 Å². The number of fused-ring (bicyclic) bond motifs is 1. The first-order chi connectivity index (χ1) is 8.51. The van der Waals surface area contributed by atoms with Crippen molar-refractivity contribution >= 4 is 32.1 Å². The van der Waals surface area contributed by atoms with Crippen LogP contribution in [0.4, 0.5) is 0 Å². The highest BCUT2D eigenvalue weighted by atomic mass is 32.1. The van der Waals surface area contributed by atoms with Gasteiger partial charge >= 0.3 is 0 Å². The van der Waals surface area contributed by atoms with Crippen molar-refractivity contribution in [3.05, 3.63) is 20.9 Å². The van der Waals surface area contributed by atoms with Gasteiger partial charge in [0.1, 0.15) is 0 Å². The van der Waals surface area contributed by atoms with E-state index >= 15 is 0 Å². The molecule has 0 aromatic carbocycles. The van der Waals surface area contributed by atoms with Gasteiger partial charge in [0.05, 0.1) is 0 Å². The van der Waals surface area contributed by atoms with Gasteiger partial charge in [-0.05, 0) is 35.8 Å². The third-order valence-corrected chi connectivity index (χ3v) is 6.84. The average Bonchev–Trinajstić information content (AvgIpc) is 2.82. The van der Waals surface area contributed by atoms with Gasteiger partial charge in [-0.25, -0.2) is 0 Å². The van der Waals surface area contributed by atoms with Crippen molar-refractivity contribution in [1.82, 2.24) is 0 Å². The van der Waals surface area contributed by atoms with E-state index in [2.05, 4.69) is 64.2 Å². The molecule has 0 saturated carbocycles. The molecular formula is C16H24S2. The van der Waals surface area contributed by atoms with Gasteiger partial charge in [0, 0.05) is 19.2 Å². The summed E-state index contributed by atoms with van der Waals surface area (Å²) in [7, 11) is 0. The Bertz CT molecular complexity index is 491. The molecule has 18 heavy (non-hydrogen) atoms. The normalized spacial score (nSPS) is 12.2. The molecule has 2 rings (SSSR count). The second kappa shape index (κ2) is 5.34. The Morgan fingerprint density at radius 2 is 1.06 bits per heavy atom. The molecule has 2 heteroatoms. The van der Waals surface area contributed by atoms with Crippen LogP contribution in [0.5, 0.6) is 0 Å². The number of aryl methyl sites for hydroxylation is 2. The minimum atomic E-state index is 0.664. The predicted molar refractivity (Wildman–Crippen MR) is 86.6 cm³/mol. The maximum Gasteiger partial charge on any atom is 0.0491 e. The van der Waals surface area contributed by atoms with Crippen molar-refractivity contribution in [2.75, 3.05) is 0 Å². The van der Waals surface area contributed by atoms with Crippen molar-refractivity contribution in [2.45, 2.75) is 66.2 Å². The zero-order valence-corrected chi connectivity index (χ0v) is 14.0. The van der Waals surface area contributed by atoms with Gasteiger partial charge in [-0.2, -0.15) is 0 Å². The number of hydrogen-bond acceptors (Lipinski definition) is 2. The van der Waals surface area contributed by atoms with Crippen LogP contribution in [0.1, 0.15) is 74.3 Å². The summed E-state index contributed by atoms with van der Waals surface area (Å²) in [6.07, 6.45) is 2.35. The highest BCUT2D eigenvalue weighted by Gasteiger charge is 2.21. The van der Waals surface area contributed by atoms with Gasteiger partial charge in [-0.15, -0.1) is 22.7 Å². The third-order valence-electron chi connectivity index (χ3n) is 3.53. The Labute approximate surface area is 119 Å². The molecule has 0 aliphatic carbocycles. The molecule has 2 heterocycles. The largest absolute Gasteiger partial charge is 0.139 e. The van der Waals surface area contributed by atoms with Crippen LogP contribution in [-0.2, 0) is 12.8 Å². The number of rotatable bonds is 4. The second-order valence-electron chi connectivity index (χ2n) is 5.56. The van der Waals surface area contributed by atoms with E-state index in [0.717, 1.165) is 0 Å². The van der Waals surface area contributed by atoms with E-state index in [0.29, 0.717) is 11.8 Å². The molecule has 0 N–H and O–H groups in total. The molecule has 0 spiro atoms. The molecule has 2 aromatic rings. The first-order valence-corrected chi connectivity index (χ1v) is 8.71. The summed E-state index contributed by atoms with van der Waals surface area (Å²) in [5.41, 5.74) is 3.24. The van der Waals surface area contributed by atoms with E-state index in [4.69, 9.17) is 0 Å². The van der Waals surface area contributed by atoms with Crippen LogP contribution in [0.15, 0.2) is 0 Å². The van der Waals surface area contributed by atoms with Gasteiger partial charge in [0.2, 0.25) is 0 Å². The Balaban J connectivity index is 2.73. The summed E-state index contributed by atoms with van der Waals surface area (Å²) < 4.78 is 3.18. The Morgan fingerprint density at radius 1 is 0.722 bits per heavy atom. The second-order valence-corrected chi connectivity index (χ2v) is 7.67. The molecule has 0 amide bonds. The lowest BCUT2D eigenvalue weighted by Crippen LogP contribution is -1.89. The highest BCUT2D eigenvalue weighted by molar-refractivity contribution is 7.28. The molecule has 2 aromatic heterocycles. The zero-order valence-electron chi connectivity index (χ0n) is 12.4. The summed E-state index contributed by atoms with van der Waals surface area (Å²) in [6, 6.07) is 0. The molecule has 0 aliphatic rings. The van der Waals surface area contributed by atoms with Gasteiger partial charge < -0.3 is 0 Å². The number of thiophene rings is 2. The fraction of sp³-hybridized carbons (Fsp3) is 0.625. The SMILES string of the molecule is CCc1c(C(C)C)sc2c(CC)c(C(C)C)sc12. The fourth-order valence-electron chi connectivity index (χ4n) is 2.66. The molecule has 0 unspecified atom stereocenters. The first-order valence-electron chi connectivity index (χ1n) is 7.07. The molecule has 100 valence electrons. The van der Waals surface area contributed by atoms with E-state index in [1.165, 1.54) is 12.8 Å². The quantitative estimate of drug-likeness (QED) is 0.613. The molecule has 0 atom stereocenters. The van der Waals surface area contributed by atoms with Crippen molar-refractivity contribution in [1.29, 1.82) is 0 Å². The van der Waals surface area contributed by atoms with Gasteiger partial charge in [0.25, 0.3) is 0 Å². The topological polar surface area (TPSA) is 0 Å². The molecule has 0 nitrogen and oxygen atoms in total. The Morgan fingerprint density at radius 3 is 1.28 bits per heavy atom. The zero-order chi connectivity index (χ0) is 13.4. The van der Waals surface area contributed by atoms with Crippen LogP contribution in [0.25, 0.3) is 9.40 Å². The lowest BCUT2D eigenvalue weighted by molar-refractivity contribution is 0.871. The predicted octanol–water partition coefficient (Wildman–Crippen LogP) is 6.33. The van der Waals surface area contributed by atoms with E-state index < -0.39 is 0 Å². The fourth-order valence-corrected chi connectivity index (χ4v) is 5.88. The minimum absolute atomic E-state index is 0.664. The lowest BCUT2D eigenvalue weighted by Gasteiger charge is -2.07. The lowest BCUT2D eigenvalue weighted by atomic mass is 10.0. The van der Waals surface area contributed by atoms with Crippen molar-refractivity contribution in [3.8, 4) is 0 Å². The van der Waals surface area contributed by atoms with Gasteiger partial charge in [-0.3, -0.25) is 0 Å². The van der Waals surface area contributed by atoms with Gasteiger partial charge in [-0.1, -0.05) is 41.5 Å². The standard InChI is InChI=1S/C16H24S2/c1-7-11-13(9(3)4)17-16-12(8-2)14(10(5)6)18-15(11)16/h9-10H,7-8H2,1-6H3. The van der Waals surface area contributed by atoms with Crippen molar-refractivity contribution < 1.29 is 0 Å². The molecule has 0 aliphatic heterocycles. The van der Waals surface area contributed by atoms with Crippen molar-refractivity contribution in [2.24, 2.45) is 0 Å². The Kier molecular flexibility index (Phi) is 4.18. The molecule has 0 fully saturated rings. The summed E-state index contributed by atoms with van der Waals surface area (Å²) >= 11 is 4.11. The van der Waals surface area contributed by atoms with E-state index in [1.807, 2.05) is 0 Å². The van der Waals surface area contributed by atoms with Crippen LogP contribution in [-0.4, -0.2) is 0 Å². The van der Waals surface area contributed by atoms with Crippen LogP contribution >= 0.6 is 22.7 Å². The third kappa shape index (κ3) is 2.14. The van der Waals surface area contributed by atoms with Crippen LogP contribution < -0.4 is 0 Å². The average molecular weight is 281 g/mol. The molecule has 0 bridgehead atoms. The van der Waals surface area contributed by atoms with Crippen molar-refractivity contribution in [3.63, 3.8) is 0 Å². The smallest absolute Gasteiger partial charge is 0.0491 e. The molecule has 0 radical (unpaired) electrons. The first kappa shape index (κ1) is 14.1. The maximum absolute atomic E-state index is 2.32. The summed E-state index contributed by atoms with van der Waals surface area (Å²) in [5.74, 6) is 1.33. The maximum atomic E-state index is 2.32. The van der Waals surface area contributed by atoms with Gasteiger partial charge in [0.15, 0.2) is 0 Å². The summed E-state index contributed by atoms with van der Waals surface area (Å²) in [4.78, 5) is 3.23. The highest BCUT2D eigenvalue weighted by Crippen LogP contribution is 2.46. The van der Waals surface area contributed by atoms with E-state index in [-0.39, 0.29) is 0 Å².